The van der Waals surface area contributed by atoms with Gasteiger partial charge >= 0.3 is 6.09 Å². The molecule has 144 valence electrons. The van der Waals surface area contributed by atoms with Crippen LogP contribution < -0.4 is 5.32 Å². The van der Waals surface area contributed by atoms with Gasteiger partial charge in [0.1, 0.15) is 5.60 Å². The van der Waals surface area contributed by atoms with Crippen LogP contribution in [0.2, 0.25) is 0 Å². The lowest BCUT2D eigenvalue weighted by atomic mass is 10.1. The Labute approximate surface area is 155 Å². The van der Waals surface area contributed by atoms with E-state index in [0.717, 1.165) is 17.7 Å². The summed E-state index contributed by atoms with van der Waals surface area (Å²) in [4.78, 5) is 13.1. The van der Waals surface area contributed by atoms with E-state index in [1.54, 1.807) is 20.8 Å². The molecule has 1 heterocycles. The minimum atomic E-state index is -3.38. The fourth-order valence-corrected chi connectivity index (χ4v) is 3.90. The predicted octanol–water partition coefficient (Wildman–Crippen LogP) is 3.59. The Bertz CT molecular complexity index is 622. The highest BCUT2D eigenvalue weighted by Crippen LogP contribution is 2.16. The van der Waals surface area contributed by atoms with E-state index in [0.29, 0.717) is 13.0 Å². The smallest absolute Gasteiger partial charge is 0.407 e. The van der Waals surface area contributed by atoms with Crippen molar-refractivity contribution < 1.29 is 17.9 Å². The van der Waals surface area contributed by atoms with Gasteiger partial charge in [-0.05, 0) is 38.6 Å². The van der Waals surface area contributed by atoms with E-state index < -0.39 is 21.7 Å². The van der Waals surface area contributed by atoms with Gasteiger partial charge in [0.05, 0.1) is 6.26 Å². The highest BCUT2D eigenvalue weighted by molar-refractivity contribution is 7.88. The van der Waals surface area contributed by atoms with Crippen LogP contribution in [0, 0.1) is 0 Å². The summed E-state index contributed by atoms with van der Waals surface area (Å²) in [6, 6.07) is 3.52. The third kappa shape index (κ3) is 9.23. The second-order valence-electron chi connectivity index (χ2n) is 7.12. The molecular formula is C17H30N2O4S2. The molecule has 0 bridgehead atoms. The molecular weight excluding hydrogens is 360 g/mol. The number of nitrogens with one attached hydrogen (secondary N) is 1. The molecule has 25 heavy (non-hydrogen) atoms. The molecule has 0 aliphatic rings. The molecule has 1 aromatic rings. The number of nitrogens with zero attached hydrogens (tertiary/aromatic N) is 1. The highest BCUT2D eigenvalue weighted by Gasteiger charge is 2.25. The maximum Gasteiger partial charge on any atom is 0.407 e. The Morgan fingerprint density at radius 3 is 2.56 bits per heavy atom. The van der Waals surface area contributed by atoms with Gasteiger partial charge in [0.25, 0.3) is 0 Å². The first-order chi connectivity index (χ1) is 11.5. The number of unbranched alkanes of at least 4 members (excludes halogenated alkanes) is 1. The third-order valence-electron chi connectivity index (χ3n) is 3.43. The first kappa shape index (κ1) is 21.9. The number of thiophene rings is 1. The number of alkyl carbamates (subject to hydrolysis) is 1. The molecule has 0 fully saturated rings. The lowest BCUT2D eigenvalue weighted by Gasteiger charge is -2.27. The molecule has 1 amide bonds. The average molecular weight is 391 g/mol. The van der Waals surface area contributed by atoms with Crippen molar-refractivity contribution in [2.24, 2.45) is 0 Å². The molecule has 8 heteroatoms. The van der Waals surface area contributed by atoms with E-state index in [1.807, 2.05) is 17.5 Å². The normalized spacial score (nSPS) is 13.7. The second-order valence-corrected chi connectivity index (χ2v) is 10.1. The summed E-state index contributed by atoms with van der Waals surface area (Å²) in [6.07, 6.45) is 3.25. The van der Waals surface area contributed by atoms with Crippen LogP contribution >= 0.6 is 11.3 Å². The second kappa shape index (κ2) is 9.54. The zero-order valence-corrected chi connectivity index (χ0v) is 17.4. The topological polar surface area (TPSA) is 75.7 Å². The summed E-state index contributed by atoms with van der Waals surface area (Å²) in [5, 5.41) is 4.75. The predicted molar refractivity (Wildman–Crippen MR) is 102 cm³/mol. The number of amides is 1. The number of sulfonamides is 1. The Morgan fingerprint density at radius 1 is 1.40 bits per heavy atom. The Morgan fingerprint density at radius 2 is 2.08 bits per heavy atom. The van der Waals surface area contributed by atoms with Crippen LogP contribution in [0.15, 0.2) is 17.5 Å². The monoisotopic (exact) mass is 390 g/mol. The first-order valence-corrected chi connectivity index (χ1v) is 11.2. The van der Waals surface area contributed by atoms with Gasteiger partial charge in [0.15, 0.2) is 0 Å². The van der Waals surface area contributed by atoms with E-state index in [-0.39, 0.29) is 12.6 Å². The largest absolute Gasteiger partial charge is 0.444 e. The van der Waals surface area contributed by atoms with Gasteiger partial charge in [0.2, 0.25) is 10.0 Å². The Hall–Kier alpha value is -1.12. The number of carbonyl (C=O) groups is 1. The van der Waals surface area contributed by atoms with Gasteiger partial charge in [-0.1, -0.05) is 25.8 Å². The van der Waals surface area contributed by atoms with Crippen LogP contribution in [-0.4, -0.2) is 43.3 Å². The van der Waals surface area contributed by atoms with E-state index in [1.165, 1.54) is 21.9 Å². The third-order valence-corrected chi connectivity index (χ3v) is 5.51. The van der Waals surface area contributed by atoms with Crippen molar-refractivity contribution in [1.82, 2.24) is 9.62 Å². The number of carbonyl (C=O) groups excluding carboxylic acids is 1. The lowest BCUT2D eigenvalue weighted by molar-refractivity contribution is 0.0495. The molecule has 1 N–H and O–H groups in total. The van der Waals surface area contributed by atoms with Crippen molar-refractivity contribution in [1.29, 1.82) is 0 Å². The van der Waals surface area contributed by atoms with Crippen molar-refractivity contribution >= 4 is 27.5 Å². The molecule has 0 aliphatic heterocycles. The standard InChI is InChI=1S/C17H30N2O4S2/c1-6-7-9-14(18-16(20)23-17(2,3)4)12-19(25(5,21)22)13-15-10-8-11-24-15/h8,10-11,14H,6-7,9,12-13H2,1-5H3,(H,18,20)/t14-/m0/s1. The van der Waals surface area contributed by atoms with Gasteiger partial charge in [-0.25, -0.2) is 13.2 Å². The molecule has 0 radical (unpaired) electrons. The van der Waals surface area contributed by atoms with E-state index in [4.69, 9.17) is 4.74 Å². The Kier molecular flexibility index (Phi) is 8.37. The van der Waals surface area contributed by atoms with Crippen molar-refractivity contribution in [3.05, 3.63) is 22.4 Å². The fraction of sp³-hybridized carbons (Fsp3) is 0.706. The molecule has 1 aromatic heterocycles. The van der Waals surface area contributed by atoms with Gasteiger partial charge in [-0.2, -0.15) is 4.31 Å². The molecule has 0 saturated heterocycles. The van der Waals surface area contributed by atoms with E-state index in [9.17, 15) is 13.2 Å². The number of ether oxygens (including phenoxy) is 1. The summed E-state index contributed by atoms with van der Waals surface area (Å²) in [7, 11) is -3.38. The van der Waals surface area contributed by atoms with Gasteiger partial charge in [-0.15, -0.1) is 11.3 Å². The molecule has 6 nitrogen and oxygen atoms in total. The summed E-state index contributed by atoms with van der Waals surface area (Å²) in [5.74, 6) is 0. The van der Waals surface area contributed by atoms with Crippen molar-refractivity contribution in [3.63, 3.8) is 0 Å². The minimum absolute atomic E-state index is 0.232. The molecule has 0 aromatic carbocycles. The summed E-state index contributed by atoms with van der Waals surface area (Å²) in [6.45, 7) is 8.00. The van der Waals surface area contributed by atoms with Crippen LogP contribution in [0.1, 0.15) is 51.8 Å². The van der Waals surface area contributed by atoms with Gasteiger partial charge in [-0.3, -0.25) is 0 Å². The zero-order chi connectivity index (χ0) is 19.1. The van der Waals surface area contributed by atoms with Crippen LogP contribution in [-0.2, 0) is 21.3 Å². The molecule has 1 rings (SSSR count). The number of rotatable bonds is 9. The SMILES string of the molecule is CCCC[C@@H](CN(Cc1cccs1)S(C)(=O)=O)NC(=O)OC(C)(C)C. The first-order valence-electron chi connectivity index (χ1n) is 8.48. The van der Waals surface area contributed by atoms with Crippen LogP contribution in [0.5, 0.6) is 0 Å². The Balaban J connectivity index is 2.82. The summed E-state index contributed by atoms with van der Waals surface area (Å²) >= 11 is 1.52. The molecule has 0 saturated carbocycles. The maximum atomic E-state index is 12.2. The van der Waals surface area contributed by atoms with Crippen molar-refractivity contribution in [2.45, 2.75) is 65.1 Å². The van der Waals surface area contributed by atoms with Crippen LogP contribution in [0.4, 0.5) is 4.79 Å². The van der Waals surface area contributed by atoms with Crippen LogP contribution in [0.3, 0.4) is 0 Å². The molecule has 0 aliphatic carbocycles. The lowest BCUT2D eigenvalue weighted by Crippen LogP contribution is -2.46. The van der Waals surface area contributed by atoms with Crippen molar-refractivity contribution in [3.8, 4) is 0 Å². The molecule has 1 atom stereocenters. The van der Waals surface area contributed by atoms with E-state index >= 15 is 0 Å². The minimum Gasteiger partial charge on any atom is -0.444 e. The zero-order valence-electron chi connectivity index (χ0n) is 15.7. The quantitative estimate of drug-likeness (QED) is 0.699. The van der Waals surface area contributed by atoms with Crippen molar-refractivity contribution in [2.75, 3.05) is 12.8 Å². The van der Waals surface area contributed by atoms with Gasteiger partial charge < -0.3 is 10.1 Å². The maximum absolute atomic E-state index is 12.2. The summed E-state index contributed by atoms with van der Waals surface area (Å²) < 4.78 is 31.1. The number of hydrogen-bond acceptors (Lipinski definition) is 5. The number of hydrogen-bond donors (Lipinski definition) is 1. The fourth-order valence-electron chi connectivity index (χ4n) is 2.27. The van der Waals surface area contributed by atoms with Gasteiger partial charge in [0, 0.05) is 24.0 Å². The summed E-state index contributed by atoms with van der Waals surface area (Å²) in [5.41, 5.74) is -0.590. The van der Waals surface area contributed by atoms with Crippen LogP contribution in [0.25, 0.3) is 0 Å². The highest BCUT2D eigenvalue weighted by atomic mass is 32.2. The van der Waals surface area contributed by atoms with E-state index in [2.05, 4.69) is 12.2 Å². The average Bonchev–Trinajstić information content (AvgIpc) is 2.93. The molecule has 0 unspecified atom stereocenters. The molecule has 0 spiro atoms.